The van der Waals surface area contributed by atoms with Gasteiger partial charge < -0.3 is 25.3 Å². The summed E-state index contributed by atoms with van der Waals surface area (Å²) >= 11 is 0. The Morgan fingerprint density at radius 3 is 2.93 bits per heavy atom. The second kappa shape index (κ2) is 7.87. The zero-order valence-electron chi connectivity index (χ0n) is 16.5. The van der Waals surface area contributed by atoms with E-state index in [4.69, 9.17) is 4.74 Å². The third-order valence-electron chi connectivity index (χ3n) is 5.14. The number of anilines is 1. The molecule has 7 heteroatoms. The number of carbonyl (C=O) groups is 2. The number of benzene rings is 2. The van der Waals surface area contributed by atoms with E-state index in [-0.39, 0.29) is 24.6 Å². The van der Waals surface area contributed by atoms with Crippen molar-refractivity contribution in [2.45, 2.75) is 26.4 Å². The highest BCUT2D eigenvalue weighted by molar-refractivity contribution is 5.95. The molecular formula is C22H24N4O3. The number of aromatic amines is 1. The Bertz CT molecular complexity index is 1060. The molecule has 3 amide bonds. The molecule has 2 heterocycles. The van der Waals surface area contributed by atoms with Gasteiger partial charge in [-0.1, -0.05) is 12.1 Å². The van der Waals surface area contributed by atoms with Crippen molar-refractivity contribution in [3.8, 4) is 5.75 Å². The van der Waals surface area contributed by atoms with E-state index in [0.29, 0.717) is 24.5 Å². The van der Waals surface area contributed by atoms with E-state index in [1.807, 2.05) is 56.4 Å². The molecule has 1 aliphatic heterocycles. The summed E-state index contributed by atoms with van der Waals surface area (Å²) in [4.78, 5) is 29.3. The average molecular weight is 392 g/mol. The van der Waals surface area contributed by atoms with Crippen LogP contribution in [0.3, 0.4) is 0 Å². The molecule has 7 nitrogen and oxygen atoms in total. The highest BCUT2D eigenvalue weighted by Gasteiger charge is 2.20. The van der Waals surface area contributed by atoms with Crippen molar-refractivity contribution in [3.63, 3.8) is 0 Å². The van der Waals surface area contributed by atoms with Crippen molar-refractivity contribution in [1.29, 1.82) is 0 Å². The third kappa shape index (κ3) is 4.03. The first-order chi connectivity index (χ1) is 14.0. The summed E-state index contributed by atoms with van der Waals surface area (Å²) in [5.74, 6) is 0.463. The Kier molecular flexibility index (Phi) is 5.12. The summed E-state index contributed by atoms with van der Waals surface area (Å²) in [6.45, 7) is 5.04. The minimum atomic E-state index is -0.215. The fourth-order valence-corrected chi connectivity index (χ4v) is 3.48. The molecule has 0 radical (unpaired) electrons. The number of fused-ring (bicyclic) bond motifs is 2. The van der Waals surface area contributed by atoms with Crippen LogP contribution in [-0.2, 0) is 11.3 Å². The molecule has 0 saturated carbocycles. The molecule has 0 unspecified atom stereocenters. The number of urea groups is 1. The summed E-state index contributed by atoms with van der Waals surface area (Å²) in [5.41, 5.74) is 3.69. The van der Waals surface area contributed by atoms with Crippen molar-refractivity contribution < 1.29 is 14.3 Å². The number of hydrogen-bond donors (Lipinski definition) is 3. The molecule has 3 N–H and O–H groups in total. The van der Waals surface area contributed by atoms with E-state index < -0.39 is 0 Å². The maximum absolute atomic E-state index is 12.8. The second-order valence-electron chi connectivity index (χ2n) is 7.18. The summed E-state index contributed by atoms with van der Waals surface area (Å²) in [7, 11) is 0. The summed E-state index contributed by atoms with van der Waals surface area (Å²) in [5, 5.41) is 6.97. The van der Waals surface area contributed by atoms with Crippen LogP contribution in [0.2, 0.25) is 0 Å². The van der Waals surface area contributed by atoms with E-state index in [1.54, 1.807) is 4.90 Å². The van der Waals surface area contributed by atoms with Gasteiger partial charge in [0.1, 0.15) is 5.75 Å². The maximum atomic E-state index is 12.8. The molecule has 0 spiro atoms. The van der Waals surface area contributed by atoms with Crippen molar-refractivity contribution in [2.75, 3.05) is 18.5 Å². The zero-order valence-corrected chi connectivity index (χ0v) is 16.5. The lowest BCUT2D eigenvalue weighted by Crippen LogP contribution is -2.40. The molecule has 29 heavy (non-hydrogen) atoms. The number of carbonyl (C=O) groups excluding carboxylic acids is 2. The van der Waals surface area contributed by atoms with E-state index in [0.717, 1.165) is 22.0 Å². The van der Waals surface area contributed by atoms with Crippen LogP contribution >= 0.6 is 0 Å². The monoisotopic (exact) mass is 392 g/mol. The number of rotatable bonds is 5. The van der Waals surface area contributed by atoms with Crippen LogP contribution in [0.25, 0.3) is 10.9 Å². The van der Waals surface area contributed by atoms with Gasteiger partial charge in [-0.15, -0.1) is 0 Å². The normalized spacial score (nSPS) is 13.9. The minimum Gasteiger partial charge on any atom is -0.482 e. The Morgan fingerprint density at radius 1 is 1.24 bits per heavy atom. The molecule has 0 fully saturated rings. The number of nitrogens with one attached hydrogen (secondary N) is 3. The smallest absolute Gasteiger partial charge is 0.318 e. The number of ether oxygens (including phenoxy) is 1. The van der Waals surface area contributed by atoms with Gasteiger partial charge >= 0.3 is 6.03 Å². The Hall–Kier alpha value is -3.48. The summed E-state index contributed by atoms with van der Waals surface area (Å²) < 4.78 is 5.39. The highest BCUT2D eigenvalue weighted by Crippen LogP contribution is 2.30. The molecule has 0 saturated heterocycles. The van der Waals surface area contributed by atoms with E-state index in [2.05, 4.69) is 21.7 Å². The summed E-state index contributed by atoms with van der Waals surface area (Å²) in [6, 6.07) is 13.4. The third-order valence-corrected chi connectivity index (χ3v) is 5.14. The van der Waals surface area contributed by atoms with Crippen molar-refractivity contribution in [3.05, 3.63) is 59.8 Å². The van der Waals surface area contributed by atoms with Crippen LogP contribution in [0.5, 0.6) is 5.75 Å². The van der Waals surface area contributed by atoms with E-state index in [1.165, 1.54) is 0 Å². The number of hydrogen-bond acceptors (Lipinski definition) is 3. The molecule has 1 atom stereocenters. The zero-order chi connectivity index (χ0) is 20.4. The van der Waals surface area contributed by atoms with Gasteiger partial charge in [0.15, 0.2) is 6.61 Å². The molecule has 4 rings (SSSR count). The number of amides is 3. The largest absolute Gasteiger partial charge is 0.482 e. The van der Waals surface area contributed by atoms with Crippen LogP contribution in [0.4, 0.5) is 10.5 Å². The van der Waals surface area contributed by atoms with E-state index in [9.17, 15) is 9.59 Å². The van der Waals surface area contributed by atoms with Crippen LogP contribution < -0.4 is 15.4 Å². The van der Waals surface area contributed by atoms with Crippen LogP contribution in [0, 0.1) is 0 Å². The fraction of sp³-hybridized carbons (Fsp3) is 0.273. The first-order valence-corrected chi connectivity index (χ1v) is 9.71. The average Bonchev–Trinajstić information content (AvgIpc) is 3.19. The number of H-pyrrole nitrogens is 1. The number of aromatic nitrogens is 1. The van der Waals surface area contributed by atoms with Gasteiger partial charge in [0.05, 0.1) is 11.7 Å². The Labute approximate surface area is 169 Å². The summed E-state index contributed by atoms with van der Waals surface area (Å²) in [6.07, 6.45) is 1.91. The first-order valence-electron chi connectivity index (χ1n) is 9.71. The second-order valence-corrected chi connectivity index (χ2v) is 7.18. The lowest BCUT2D eigenvalue weighted by Gasteiger charge is -2.25. The maximum Gasteiger partial charge on any atom is 0.318 e. The van der Waals surface area contributed by atoms with E-state index >= 15 is 0 Å². The Morgan fingerprint density at radius 2 is 2.10 bits per heavy atom. The molecule has 0 bridgehead atoms. The van der Waals surface area contributed by atoms with Gasteiger partial charge in [-0.2, -0.15) is 0 Å². The molecule has 150 valence electrons. The Balaban J connectivity index is 1.44. The molecule has 1 aromatic heterocycles. The lowest BCUT2D eigenvalue weighted by atomic mass is 10.1. The molecular weight excluding hydrogens is 368 g/mol. The van der Waals surface area contributed by atoms with Gasteiger partial charge in [-0.25, -0.2) is 4.79 Å². The quantitative estimate of drug-likeness (QED) is 0.617. The van der Waals surface area contributed by atoms with Crippen LogP contribution in [0.1, 0.15) is 31.0 Å². The fourth-order valence-electron chi connectivity index (χ4n) is 3.48. The van der Waals surface area contributed by atoms with Gasteiger partial charge in [-0.05, 0) is 60.7 Å². The first kappa shape index (κ1) is 18.9. The van der Waals surface area contributed by atoms with Crippen LogP contribution in [-0.4, -0.2) is 35.0 Å². The van der Waals surface area contributed by atoms with Gasteiger partial charge in [0.25, 0.3) is 5.91 Å². The number of nitrogens with zero attached hydrogens (tertiary/aromatic N) is 1. The molecule has 3 aromatic rings. The lowest BCUT2D eigenvalue weighted by molar-refractivity contribution is -0.118. The molecule has 2 aromatic carbocycles. The SMILES string of the molecule is CCN(Cc1ccc2[nH]ccc2c1)C(=O)N[C@H](C)c1ccc2c(c1)NC(=O)CO2. The van der Waals surface area contributed by atoms with Crippen LogP contribution in [0.15, 0.2) is 48.7 Å². The van der Waals surface area contributed by atoms with Gasteiger partial charge in [0.2, 0.25) is 0 Å². The minimum absolute atomic E-state index is 0.0264. The van der Waals surface area contributed by atoms with Crippen molar-refractivity contribution >= 4 is 28.5 Å². The van der Waals surface area contributed by atoms with Gasteiger partial charge in [-0.3, -0.25) is 4.79 Å². The van der Waals surface area contributed by atoms with Crippen molar-refractivity contribution in [1.82, 2.24) is 15.2 Å². The highest BCUT2D eigenvalue weighted by atomic mass is 16.5. The molecule has 1 aliphatic rings. The predicted octanol–water partition coefficient (Wildman–Crippen LogP) is 3.79. The predicted molar refractivity (Wildman–Crippen MR) is 112 cm³/mol. The topological polar surface area (TPSA) is 86.5 Å². The molecule has 0 aliphatic carbocycles. The van der Waals surface area contributed by atoms with Gasteiger partial charge in [0, 0.05) is 24.8 Å². The van der Waals surface area contributed by atoms with Crippen molar-refractivity contribution in [2.24, 2.45) is 0 Å². The standard InChI is InChI=1S/C22H24N4O3/c1-3-26(12-15-4-6-18-17(10-15)8-9-23-18)22(28)24-14(2)16-5-7-20-19(11-16)25-21(27)13-29-20/h4-11,14,23H,3,12-13H2,1-2H3,(H,24,28)(H,25,27)/t14-/m1/s1.